The molecule has 0 saturated carbocycles. The fourth-order valence-corrected chi connectivity index (χ4v) is 7.67. The molecular weight excluding hydrogens is 605 g/mol. The normalized spacial score (nSPS) is 12.2. The second-order valence-electron chi connectivity index (χ2n) is 12.9. The summed E-state index contributed by atoms with van der Waals surface area (Å²) in [6, 6.07) is 59.8. The van der Waals surface area contributed by atoms with Crippen LogP contribution in [0.15, 0.2) is 182 Å². The maximum Gasteiger partial charge on any atom is 0.0541 e. The van der Waals surface area contributed by atoms with Crippen LogP contribution in [0.1, 0.15) is 13.8 Å². The first-order chi connectivity index (χ1) is 24.7. The highest BCUT2D eigenvalue weighted by Gasteiger charge is 2.16. The Balaban J connectivity index is 1.26. The molecule has 0 unspecified atom stereocenters. The Labute approximate surface area is 292 Å². The van der Waals surface area contributed by atoms with Gasteiger partial charge in [-0.25, -0.2) is 0 Å². The third kappa shape index (κ3) is 4.88. The molecule has 0 amide bonds. The Bertz CT molecular complexity index is 2760. The van der Waals surface area contributed by atoms with Gasteiger partial charge < -0.3 is 9.13 Å². The Morgan fingerprint density at radius 3 is 1.52 bits per heavy atom. The van der Waals surface area contributed by atoms with Crippen molar-refractivity contribution in [1.82, 2.24) is 9.13 Å². The van der Waals surface area contributed by atoms with Crippen molar-refractivity contribution in [2.45, 2.75) is 13.8 Å². The molecule has 0 saturated heterocycles. The molecule has 9 aromatic rings. The van der Waals surface area contributed by atoms with Gasteiger partial charge in [-0.3, -0.25) is 0 Å². The lowest BCUT2D eigenvalue weighted by Gasteiger charge is -2.13. The van der Waals surface area contributed by atoms with Crippen molar-refractivity contribution in [1.29, 1.82) is 0 Å². The zero-order chi connectivity index (χ0) is 33.6. The standard InChI is InChI=1S/C48H36N2/c1-3-15-39(4-2)49-45-22-13-11-20-41(45)43-31-34(24-26-47(43)49)37-28-36(33-16-7-5-8-17-33)29-38(30-37)35-25-27-48-44(32-35)42-21-12-14-23-46(42)50(48)40-18-9-6-10-19-40/h3-32H,1-2H3/b15-3-,39-4+. The Hall–Kier alpha value is -6.38. The zero-order valence-electron chi connectivity index (χ0n) is 28.2. The van der Waals surface area contributed by atoms with Gasteiger partial charge in [0.2, 0.25) is 0 Å². The molecule has 0 bridgehead atoms. The molecule has 2 heterocycles. The van der Waals surface area contributed by atoms with Gasteiger partial charge in [-0.1, -0.05) is 109 Å². The van der Waals surface area contributed by atoms with E-state index in [-0.39, 0.29) is 0 Å². The maximum absolute atomic E-state index is 2.38. The third-order valence-corrected chi connectivity index (χ3v) is 9.96. The van der Waals surface area contributed by atoms with E-state index in [1.165, 1.54) is 88.4 Å². The van der Waals surface area contributed by atoms with Gasteiger partial charge in [0.15, 0.2) is 0 Å². The molecule has 238 valence electrons. The minimum absolute atomic E-state index is 1.17. The molecule has 0 atom stereocenters. The summed E-state index contributed by atoms with van der Waals surface area (Å²) in [5.41, 5.74) is 14.4. The number of hydrogen-bond acceptors (Lipinski definition) is 0. The van der Waals surface area contributed by atoms with Gasteiger partial charge in [0.25, 0.3) is 0 Å². The first-order valence-corrected chi connectivity index (χ1v) is 17.3. The maximum atomic E-state index is 2.38. The predicted octanol–water partition coefficient (Wildman–Crippen LogP) is 13.3. The van der Waals surface area contributed by atoms with E-state index in [0.717, 1.165) is 0 Å². The molecule has 0 aliphatic heterocycles. The first kappa shape index (κ1) is 29.7. The summed E-state index contributed by atoms with van der Waals surface area (Å²) in [6.45, 7) is 4.18. The molecule has 0 N–H and O–H groups in total. The van der Waals surface area contributed by atoms with E-state index >= 15 is 0 Å². The van der Waals surface area contributed by atoms with E-state index in [2.05, 4.69) is 205 Å². The van der Waals surface area contributed by atoms with E-state index in [9.17, 15) is 0 Å². The summed E-state index contributed by atoms with van der Waals surface area (Å²) in [7, 11) is 0. The summed E-state index contributed by atoms with van der Waals surface area (Å²) in [4.78, 5) is 0. The van der Waals surface area contributed by atoms with Gasteiger partial charge in [-0.15, -0.1) is 0 Å². The van der Waals surface area contributed by atoms with Crippen LogP contribution in [0, 0.1) is 0 Å². The average Bonchev–Trinajstić information content (AvgIpc) is 3.69. The summed E-state index contributed by atoms with van der Waals surface area (Å²) in [5, 5.41) is 5.02. The fourth-order valence-electron chi connectivity index (χ4n) is 7.67. The number of aromatic nitrogens is 2. The predicted molar refractivity (Wildman–Crippen MR) is 215 cm³/mol. The molecular formula is C48H36N2. The molecule has 0 radical (unpaired) electrons. The monoisotopic (exact) mass is 640 g/mol. The highest BCUT2D eigenvalue weighted by molar-refractivity contribution is 6.12. The van der Waals surface area contributed by atoms with Crippen molar-refractivity contribution in [2.24, 2.45) is 0 Å². The average molecular weight is 641 g/mol. The van der Waals surface area contributed by atoms with Crippen molar-refractivity contribution >= 4 is 49.3 Å². The highest BCUT2D eigenvalue weighted by atomic mass is 15.0. The molecule has 0 aliphatic carbocycles. The second kappa shape index (κ2) is 12.3. The topological polar surface area (TPSA) is 9.86 Å². The summed E-state index contributed by atoms with van der Waals surface area (Å²) in [5.74, 6) is 0. The van der Waals surface area contributed by atoms with E-state index in [0.29, 0.717) is 0 Å². The smallest absolute Gasteiger partial charge is 0.0541 e. The van der Waals surface area contributed by atoms with Crippen molar-refractivity contribution in [3.8, 4) is 39.1 Å². The number of rotatable bonds is 6. The van der Waals surface area contributed by atoms with Crippen LogP contribution in [-0.4, -0.2) is 9.13 Å². The third-order valence-electron chi connectivity index (χ3n) is 9.96. The summed E-state index contributed by atoms with van der Waals surface area (Å²) >= 11 is 0. The van der Waals surface area contributed by atoms with Crippen molar-refractivity contribution in [2.75, 3.05) is 0 Å². The van der Waals surface area contributed by atoms with Gasteiger partial charge in [0, 0.05) is 32.9 Å². The van der Waals surface area contributed by atoms with Gasteiger partial charge >= 0.3 is 0 Å². The summed E-state index contributed by atoms with van der Waals surface area (Å²) in [6.07, 6.45) is 6.48. The Morgan fingerprint density at radius 1 is 0.400 bits per heavy atom. The van der Waals surface area contributed by atoms with Crippen molar-refractivity contribution in [3.05, 3.63) is 182 Å². The Morgan fingerprint density at radius 2 is 0.880 bits per heavy atom. The van der Waals surface area contributed by atoms with Gasteiger partial charge in [-0.05, 0) is 120 Å². The van der Waals surface area contributed by atoms with Gasteiger partial charge in [-0.2, -0.15) is 0 Å². The minimum atomic E-state index is 1.17. The fraction of sp³-hybridized carbons (Fsp3) is 0.0417. The number of para-hydroxylation sites is 3. The minimum Gasteiger partial charge on any atom is -0.310 e. The lowest BCUT2D eigenvalue weighted by atomic mass is 9.92. The number of nitrogens with zero attached hydrogens (tertiary/aromatic N) is 2. The number of allylic oxidation sites excluding steroid dienone is 4. The Kier molecular flexibility index (Phi) is 7.29. The second-order valence-corrected chi connectivity index (χ2v) is 12.9. The van der Waals surface area contributed by atoms with Crippen LogP contribution >= 0.6 is 0 Å². The summed E-state index contributed by atoms with van der Waals surface area (Å²) < 4.78 is 4.75. The van der Waals surface area contributed by atoms with Crippen LogP contribution in [-0.2, 0) is 0 Å². The van der Waals surface area contributed by atoms with Crippen molar-refractivity contribution in [3.63, 3.8) is 0 Å². The molecule has 7 aromatic carbocycles. The SMILES string of the molecule is C/C=C\C(=C/C)n1c2ccccc2c2cc(-c3cc(-c4ccccc4)cc(-c4ccc5c(c4)c4ccccc4n5-c4ccccc4)c3)ccc21. The number of hydrogen-bond donors (Lipinski definition) is 0. The molecule has 0 aliphatic rings. The van der Waals surface area contributed by atoms with E-state index in [1.807, 2.05) is 0 Å². The van der Waals surface area contributed by atoms with Crippen LogP contribution in [0.3, 0.4) is 0 Å². The lowest BCUT2D eigenvalue weighted by Crippen LogP contribution is -1.94. The van der Waals surface area contributed by atoms with Crippen LogP contribution in [0.2, 0.25) is 0 Å². The first-order valence-electron chi connectivity index (χ1n) is 17.3. The van der Waals surface area contributed by atoms with E-state index < -0.39 is 0 Å². The van der Waals surface area contributed by atoms with Crippen LogP contribution in [0.25, 0.3) is 88.4 Å². The quantitative estimate of drug-likeness (QED) is 0.160. The largest absolute Gasteiger partial charge is 0.310 e. The van der Waals surface area contributed by atoms with Gasteiger partial charge in [0.1, 0.15) is 0 Å². The molecule has 2 aromatic heterocycles. The molecule has 2 nitrogen and oxygen atoms in total. The van der Waals surface area contributed by atoms with Gasteiger partial charge in [0.05, 0.1) is 22.1 Å². The van der Waals surface area contributed by atoms with Crippen LogP contribution in [0.4, 0.5) is 0 Å². The highest BCUT2D eigenvalue weighted by Crippen LogP contribution is 2.40. The van der Waals surface area contributed by atoms with Crippen molar-refractivity contribution < 1.29 is 0 Å². The van der Waals surface area contributed by atoms with E-state index in [4.69, 9.17) is 0 Å². The molecule has 50 heavy (non-hydrogen) atoms. The van der Waals surface area contributed by atoms with Crippen LogP contribution in [0.5, 0.6) is 0 Å². The molecule has 2 heteroatoms. The van der Waals surface area contributed by atoms with E-state index in [1.54, 1.807) is 0 Å². The number of fused-ring (bicyclic) bond motifs is 6. The number of benzene rings is 7. The lowest BCUT2D eigenvalue weighted by molar-refractivity contribution is 1.18. The molecule has 9 rings (SSSR count). The molecule has 0 fully saturated rings. The molecule has 0 spiro atoms. The van der Waals surface area contributed by atoms with Crippen LogP contribution < -0.4 is 0 Å². The zero-order valence-corrected chi connectivity index (χ0v) is 28.2.